The Hall–Kier alpha value is -3.52. The van der Waals surface area contributed by atoms with Crippen molar-refractivity contribution in [2.75, 3.05) is 23.0 Å². The van der Waals surface area contributed by atoms with E-state index in [1.54, 1.807) is 60.7 Å². The molecule has 3 aromatic carbocycles. The van der Waals surface area contributed by atoms with Crippen molar-refractivity contribution in [3.8, 4) is 11.5 Å². The highest BCUT2D eigenvalue weighted by molar-refractivity contribution is 7.92. The zero-order valence-electron chi connectivity index (χ0n) is 17.2. The smallest absolute Gasteiger partial charge is 0.264 e. The molecule has 31 heavy (non-hydrogen) atoms. The maximum atomic E-state index is 13.4. The van der Waals surface area contributed by atoms with Crippen LogP contribution < -0.4 is 19.1 Å². The number of hydrogen-bond acceptors (Lipinski definition) is 5. The third kappa shape index (κ3) is 4.49. The number of rotatable bonds is 6. The van der Waals surface area contributed by atoms with E-state index in [1.165, 1.54) is 0 Å². The lowest BCUT2D eigenvalue weighted by molar-refractivity contribution is -0.114. The van der Waals surface area contributed by atoms with Gasteiger partial charge in [-0.3, -0.25) is 9.10 Å². The Bertz CT molecular complexity index is 1220. The van der Waals surface area contributed by atoms with Crippen LogP contribution in [0.2, 0.25) is 0 Å². The fraction of sp³-hybridized carbons (Fsp3) is 0.174. The molecule has 160 valence electrons. The van der Waals surface area contributed by atoms with Gasteiger partial charge in [0, 0.05) is 11.8 Å². The first-order valence-electron chi connectivity index (χ1n) is 9.68. The van der Waals surface area contributed by atoms with Gasteiger partial charge in [0.05, 0.1) is 10.6 Å². The lowest BCUT2D eigenvalue weighted by Gasteiger charge is -2.24. The van der Waals surface area contributed by atoms with E-state index >= 15 is 0 Å². The van der Waals surface area contributed by atoms with Gasteiger partial charge in [0.15, 0.2) is 11.5 Å². The highest BCUT2D eigenvalue weighted by Crippen LogP contribution is 2.34. The number of ether oxygens (including phenoxy) is 2. The first-order valence-corrected chi connectivity index (χ1v) is 11.1. The van der Waals surface area contributed by atoms with Gasteiger partial charge in [-0.05, 0) is 55.8 Å². The maximum Gasteiger partial charge on any atom is 0.264 e. The molecule has 0 bridgehead atoms. The number of fused-ring (bicyclic) bond motifs is 1. The molecule has 1 amide bonds. The van der Waals surface area contributed by atoms with Crippen LogP contribution in [-0.4, -0.2) is 27.7 Å². The van der Waals surface area contributed by atoms with Gasteiger partial charge in [0.2, 0.25) is 12.7 Å². The molecule has 3 aromatic rings. The van der Waals surface area contributed by atoms with Crippen LogP contribution in [0.5, 0.6) is 11.5 Å². The van der Waals surface area contributed by atoms with Gasteiger partial charge in [-0.1, -0.05) is 29.8 Å². The van der Waals surface area contributed by atoms with E-state index in [-0.39, 0.29) is 18.2 Å². The minimum Gasteiger partial charge on any atom is -0.454 e. The molecule has 0 spiro atoms. The SMILES string of the molecule is Cc1ccc(S(=O)(=O)N(CC(=O)Nc2ccc3c(c2)OCO3)c2cccc(C)c2)cc1. The minimum absolute atomic E-state index is 0.121. The van der Waals surface area contributed by atoms with Crippen molar-refractivity contribution in [3.63, 3.8) is 0 Å². The molecule has 0 aromatic heterocycles. The van der Waals surface area contributed by atoms with Gasteiger partial charge in [0.25, 0.3) is 10.0 Å². The maximum absolute atomic E-state index is 13.4. The minimum atomic E-state index is -3.96. The summed E-state index contributed by atoms with van der Waals surface area (Å²) in [5, 5.41) is 2.74. The summed E-state index contributed by atoms with van der Waals surface area (Å²) in [6.07, 6.45) is 0. The molecule has 7 nitrogen and oxygen atoms in total. The van der Waals surface area contributed by atoms with Gasteiger partial charge < -0.3 is 14.8 Å². The topological polar surface area (TPSA) is 84.9 Å². The van der Waals surface area contributed by atoms with Crippen LogP contribution in [0.3, 0.4) is 0 Å². The van der Waals surface area contributed by atoms with E-state index < -0.39 is 15.9 Å². The second-order valence-corrected chi connectivity index (χ2v) is 9.14. The fourth-order valence-electron chi connectivity index (χ4n) is 3.24. The van der Waals surface area contributed by atoms with Crippen LogP contribution in [0, 0.1) is 13.8 Å². The molecule has 4 rings (SSSR count). The second-order valence-electron chi connectivity index (χ2n) is 7.28. The number of benzene rings is 3. The van der Waals surface area contributed by atoms with Crippen LogP contribution in [-0.2, 0) is 14.8 Å². The highest BCUT2D eigenvalue weighted by Gasteiger charge is 2.27. The number of carbonyl (C=O) groups excluding carboxylic acids is 1. The van der Waals surface area contributed by atoms with Crippen molar-refractivity contribution in [2.45, 2.75) is 18.7 Å². The quantitative estimate of drug-likeness (QED) is 0.632. The Balaban J connectivity index is 1.63. The summed E-state index contributed by atoms with van der Waals surface area (Å²) < 4.78 is 38.5. The van der Waals surface area contributed by atoms with Crippen LogP contribution in [0.1, 0.15) is 11.1 Å². The third-order valence-corrected chi connectivity index (χ3v) is 6.63. The predicted molar refractivity (Wildman–Crippen MR) is 118 cm³/mol. The first kappa shape index (κ1) is 20.7. The van der Waals surface area contributed by atoms with Gasteiger partial charge in [-0.15, -0.1) is 0 Å². The predicted octanol–water partition coefficient (Wildman–Crippen LogP) is 3.87. The number of nitrogens with one attached hydrogen (secondary N) is 1. The monoisotopic (exact) mass is 438 g/mol. The number of aryl methyl sites for hydroxylation is 2. The lowest BCUT2D eigenvalue weighted by atomic mass is 10.2. The largest absolute Gasteiger partial charge is 0.454 e. The molecule has 0 aliphatic carbocycles. The summed E-state index contributed by atoms with van der Waals surface area (Å²) in [7, 11) is -3.96. The van der Waals surface area contributed by atoms with E-state index in [1.807, 2.05) is 19.9 Å². The standard InChI is InChI=1S/C23H22N2O5S/c1-16-6-9-20(10-7-16)31(27,28)25(19-5-3-4-17(2)12-19)14-23(26)24-18-8-11-21-22(13-18)30-15-29-21/h3-13H,14-15H2,1-2H3,(H,24,26). The normalized spacial score (nSPS) is 12.5. The van der Waals surface area contributed by atoms with Crippen molar-refractivity contribution in [3.05, 3.63) is 77.9 Å². The molecule has 0 atom stereocenters. The van der Waals surface area contributed by atoms with Crippen molar-refractivity contribution < 1.29 is 22.7 Å². The Morgan fingerprint density at radius 2 is 1.68 bits per heavy atom. The van der Waals surface area contributed by atoms with Gasteiger partial charge >= 0.3 is 0 Å². The Kier molecular flexibility index (Phi) is 5.56. The zero-order chi connectivity index (χ0) is 22.0. The Labute approximate surface area is 181 Å². The van der Waals surface area contributed by atoms with E-state index in [0.29, 0.717) is 22.9 Å². The molecule has 1 N–H and O–H groups in total. The third-order valence-electron chi connectivity index (χ3n) is 4.84. The molecule has 0 unspecified atom stereocenters. The van der Waals surface area contributed by atoms with Crippen molar-refractivity contribution in [1.82, 2.24) is 0 Å². The van der Waals surface area contributed by atoms with Crippen LogP contribution in [0.4, 0.5) is 11.4 Å². The van der Waals surface area contributed by atoms with E-state index in [4.69, 9.17) is 9.47 Å². The second kappa shape index (κ2) is 8.31. The molecule has 0 fully saturated rings. The Morgan fingerprint density at radius 1 is 0.935 bits per heavy atom. The summed E-state index contributed by atoms with van der Waals surface area (Å²) in [6, 6.07) is 18.6. The van der Waals surface area contributed by atoms with E-state index in [2.05, 4.69) is 5.32 Å². The molecule has 8 heteroatoms. The molecule has 1 aliphatic heterocycles. The first-order chi connectivity index (χ1) is 14.8. The van der Waals surface area contributed by atoms with Crippen molar-refractivity contribution in [2.24, 2.45) is 0 Å². The average Bonchev–Trinajstić information content (AvgIpc) is 3.20. The highest BCUT2D eigenvalue weighted by atomic mass is 32.2. The van der Waals surface area contributed by atoms with Gasteiger partial charge in [-0.25, -0.2) is 8.42 Å². The Morgan fingerprint density at radius 3 is 2.42 bits per heavy atom. The van der Waals surface area contributed by atoms with Crippen molar-refractivity contribution >= 4 is 27.3 Å². The number of carbonyl (C=O) groups is 1. The number of hydrogen-bond donors (Lipinski definition) is 1. The van der Waals surface area contributed by atoms with E-state index in [0.717, 1.165) is 15.4 Å². The molecule has 0 radical (unpaired) electrons. The molecule has 0 saturated heterocycles. The molecule has 0 saturated carbocycles. The van der Waals surface area contributed by atoms with Crippen LogP contribution in [0.15, 0.2) is 71.6 Å². The van der Waals surface area contributed by atoms with E-state index in [9.17, 15) is 13.2 Å². The van der Waals surface area contributed by atoms with Crippen molar-refractivity contribution in [1.29, 1.82) is 0 Å². The molecule has 1 heterocycles. The van der Waals surface area contributed by atoms with Gasteiger partial charge in [-0.2, -0.15) is 0 Å². The number of nitrogens with zero attached hydrogens (tertiary/aromatic N) is 1. The van der Waals surface area contributed by atoms with Crippen LogP contribution in [0.25, 0.3) is 0 Å². The number of amides is 1. The lowest BCUT2D eigenvalue weighted by Crippen LogP contribution is -2.38. The summed E-state index contributed by atoms with van der Waals surface area (Å²) in [6.45, 7) is 3.50. The average molecular weight is 439 g/mol. The summed E-state index contributed by atoms with van der Waals surface area (Å²) in [4.78, 5) is 12.9. The summed E-state index contributed by atoms with van der Waals surface area (Å²) in [5.74, 6) is 0.651. The molecular weight excluding hydrogens is 416 g/mol. The summed E-state index contributed by atoms with van der Waals surface area (Å²) in [5.41, 5.74) is 2.74. The zero-order valence-corrected chi connectivity index (χ0v) is 18.0. The van der Waals surface area contributed by atoms with Crippen LogP contribution >= 0.6 is 0 Å². The summed E-state index contributed by atoms with van der Waals surface area (Å²) >= 11 is 0. The number of anilines is 2. The molecule has 1 aliphatic rings. The fourth-order valence-corrected chi connectivity index (χ4v) is 4.65. The number of sulfonamides is 1. The van der Waals surface area contributed by atoms with Gasteiger partial charge in [0.1, 0.15) is 6.54 Å². The molecular formula is C23H22N2O5S.